The number of hydrogen-bond acceptors (Lipinski definition) is 3. The zero-order chi connectivity index (χ0) is 16.2. The van der Waals surface area contributed by atoms with Crippen LogP contribution in [0.1, 0.15) is 30.9 Å². The maximum atomic E-state index is 13.8. The van der Waals surface area contributed by atoms with Gasteiger partial charge in [0.05, 0.1) is 18.2 Å². The van der Waals surface area contributed by atoms with Crippen molar-refractivity contribution in [3.05, 3.63) is 35.1 Å². The Hall–Kier alpha value is -1.74. The number of thioether (sulfide) groups is 1. The Bertz CT molecular complexity index is 525. The first-order valence-electron chi connectivity index (χ1n) is 7.41. The first-order chi connectivity index (χ1) is 10.7. The lowest BCUT2D eigenvalue weighted by Crippen LogP contribution is -2.37. The molecule has 0 aliphatic carbocycles. The predicted molar refractivity (Wildman–Crippen MR) is 91.5 cm³/mol. The normalized spacial score (nSPS) is 11.1. The average Bonchev–Trinajstić information content (AvgIpc) is 2.53. The number of aliphatic imine (C=N–C) groups is 1. The summed E-state index contributed by atoms with van der Waals surface area (Å²) >= 11 is 1.84. The molecule has 0 bridgehead atoms. The van der Waals surface area contributed by atoms with Gasteiger partial charge in [0.15, 0.2) is 5.96 Å². The van der Waals surface area contributed by atoms with Gasteiger partial charge in [-0.3, -0.25) is 0 Å². The van der Waals surface area contributed by atoms with Crippen molar-refractivity contribution >= 4 is 17.7 Å². The van der Waals surface area contributed by atoms with Gasteiger partial charge in [0.25, 0.3) is 0 Å². The molecular formula is C16H23FN4S. The largest absolute Gasteiger partial charge is 0.357 e. The topological polar surface area (TPSA) is 60.2 Å². The summed E-state index contributed by atoms with van der Waals surface area (Å²) in [6, 6.07) is 6.38. The van der Waals surface area contributed by atoms with E-state index in [1.807, 2.05) is 24.8 Å². The third kappa shape index (κ3) is 6.81. The molecule has 0 amide bonds. The van der Waals surface area contributed by atoms with Crippen molar-refractivity contribution in [2.24, 2.45) is 4.99 Å². The zero-order valence-corrected chi connectivity index (χ0v) is 14.0. The summed E-state index contributed by atoms with van der Waals surface area (Å²) in [4.78, 5) is 4.38. The molecule has 0 unspecified atom stereocenters. The van der Waals surface area contributed by atoms with Gasteiger partial charge in [-0.2, -0.15) is 17.0 Å². The van der Waals surface area contributed by atoms with E-state index >= 15 is 0 Å². The highest BCUT2D eigenvalue weighted by atomic mass is 32.2. The third-order valence-corrected chi connectivity index (χ3v) is 3.70. The number of nitriles is 1. The molecule has 0 aliphatic rings. The van der Waals surface area contributed by atoms with Crippen LogP contribution in [0.2, 0.25) is 0 Å². The Labute approximate surface area is 136 Å². The molecule has 4 nitrogen and oxygen atoms in total. The van der Waals surface area contributed by atoms with Gasteiger partial charge in [-0.1, -0.05) is 6.07 Å². The summed E-state index contributed by atoms with van der Waals surface area (Å²) in [6.45, 7) is 3.85. The fraction of sp³-hybridized carbons (Fsp3) is 0.500. The summed E-state index contributed by atoms with van der Waals surface area (Å²) in [5, 5.41) is 15.1. The van der Waals surface area contributed by atoms with Crippen LogP contribution in [0, 0.1) is 17.1 Å². The molecule has 0 aliphatic heterocycles. The quantitative estimate of drug-likeness (QED) is 0.439. The molecule has 6 heteroatoms. The maximum Gasteiger partial charge on any atom is 0.191 e. The van der Waals surface area contributed by atoms with Crippen molar-refractivity contribution in [2.45, 2.75) is 26.3 Å². The van der Waals surface area contributed by atoms with Gasteiger partial charge >= 0.3 is 0 Å². The Kier molecular flexibility index (Phi) is 9.08. The van der Waals surface area contributed by atoms with E-state index in [4.69, 9.17) is 5.26 Å². The number of rotatable bonds is 8. The lowest BCUT2D eigenvalue weighted by molar-refractivity contribution is 0.609. The van der Waals surface area contributed by atoms with Gasteiger partial charge in [0.2, 0.25) is 0 Å². The lowest BCUT2D eigenvalue weighted by atomic mass is 10.1. The first-order valence-corrected chi connectivity index (χ1v) is 8.80. The number of unbranched alkanes of at least 4 members (excludes halogenated alkanes) is 1. The van der Waals surface area contributed by atoms with Crippen molar-refractivity contribution in [3.63, 3.8) is 0 Å². The second-order valence-electron chi connectivity index (χ2n) is 4.74. The number of benzene rings is 1. The molecule has 0 atom stereocenters. The second kappa shape index (κ2) is 10.9. The highest BCUT2D eigenvalue weighted by molar-refractivity contribution is 7.98. The Morgan fingerprint density at radius 3 is 2.82 bits per heavy atom. The van der Waals surface area contributed by atoms with E-state index in [0.29, 0.717) is 17.1 Å². The van der Waals surface area contributed by atoms with Crippen molar-refractivity contribution in [2.75, 3.05) is 25.1 Å². The molecule has 0 heterocycles. The number of halogens is 1. The number of hydrogen-bond donors (Lipinski definition) is 2. The van der Waals surface area contributed by atoms with E-state index in [0.717, 1.165) is 31.7 Å². The fourth-order valence-electron chi connectivity index (χ4n) is 1.83. The molecule has 1 rings (SSSR count). The predicted octanol–water partition coefficient (Wildman–Crippen LogP) is 2.90. The van der Waals surface area contributed by atoms with Gasteiger partial charge in [-0.05, 0) is 43.9 Å². The lowest BCUT2D eigenvalue weighted by Gasteiger charge is -2.11. The molecule has 1 aromatic rings. The van der Waals surface area contributed by atoms with Gasteiger partial charge in [0, 0.05) is 18.7 Å². The first kappa shape index (κ1) is 18.3. The van der Waals surface area contributed by atoms with E-state index in [-0.39, 0.29) is 6.54 Å². The molecule has 0 fully saturated rings. The summed E-state index contributed by atoms with van der Waals surface area (Å²) in [6.07, 6.45) is 4.35. The summed E-state index contributed by atoms with van der Waals surface area (Å²) in [5.74, 6) is 1.46. The average molecular weight is 322 g/mol. The number of nitrogens with zero attached hydrogens (tertiary/aromatic N) is 2. The molecule has 0 spiro atoms. The Morgan fingerprint density at radius 1 is 1.36 bits per heavy atom. The minimum atomic E-state index is -0.390. The van der Waals surface area contributed by atoms with Crippen molar-refractivity contribution in [3.8, 4) is 6.07 Å². The van der Waals surface area contributed by atoms with Crippen LogP contribution in [0.25, 0.3) is 0 Å². The molecule has 0 radical (unpaired) electrons. The highest BCUT2D eigenvalue weighted by Crippen LogP contribution is 2.11. The molecule has 0 aromatic heterocycles. The molecule has 1 aromatic carbocycles. The summed E-state index contributed by atoms with van der Waals surface area (Å²) in [7, 11) is 0. The number of nitrogens with one attached hydrogen (secondary N) is 2. The van der Waals surface area contributed by atoms with Gasteiger partial charge in [-0.25, -0.2) is 9.38 Å². The second-order valence-corrected chi connectivity index (χ2v) is 5.73. The van der Waals surface area contributed by atoms with Crippen molar-refractivity contribution in [1.29, 1.82) is 5.26 Å². The molecular weight excluding hydrogens is 299 g/mol. The Balaban J connectivity index is 2.56. The highest BCUT2D eigenvalue weighted by Gasteiger charge is 2.04. The molecule has 0 saturated heterocycles. The van der Waals surface area contributed by atoms with E-state index in [1.54, 1.807) is 12.1 Å². The standard InChI is InChI=1S/C16H23FN4S/c1-3-19-16(20-8-4-5-9-22-2)21-12-14-7-6-13(11-18)10-15(14)17/h6-7,10H,3-5,8-9,12H2,1-2H3,(H2,19,20,21). The molecule has 120 valence electrons. The Morgan fingerprint density at radius 2 is 2.18 bits per heavy atom. The van der Waals surface area contributed by atoms with Crippen LogP contribution < -0.4 is 10.6 Å². The SMILES string of the molecule is CCNC(=NCc1ccc(C#N)cc1F)NCCCCSC. The smallest absolute Gasteiger partial charge is 0.191 e. The minimum absolute atomic E-state index is 0.248. The monoisotopic (exact) mass is 322 g/mol. The maximum absolute atomic E-state index is 13.8. The van der Waals surface area contributed by atoms with Crippen LogP contribution in [-0.2, 0) is 6.54 Å². The van der Waals surface area contributed by atoms with E-state index in [2.05, 4.69) is 21.9 Å². The van der Waals surface area contributed by atoms with Crippen LogP contribution in [0.4, 0.5) is 4.39 Å². The van der Waals surface area contributed by atoms with Crippen molar-refractivity contribution in [1.82, 2.24) is 10.6 Å². The zero-order valence-electron chi connectivity index (χ0n) is 13.2. The van der Waals surface area contributed by atoms with Gasteiger partial charge in [0.1, 0.15) is 5.82 Å². The van der Waals surface area contributed by atoms with Gasteiger partial charge < -0.3 is 10.6 Å². The fourth-order valence-corrected chi connectivity index (χ4v) is 2.32. The van der Waals surface area contributed by atoms with Crippen molar-refractivity contribution < 1.29 is 4.39 Å². The van der Waals surface area contributed by atoms with Crippen LogP contribution >= 0.6 is 11.8 Å². The molecule has 22 heavy (non-hydrogen) atoms. The van der Waals surface area contributed by atoms with Crippen LogP contribution in [0.15, 0.2) is 23.2 Å². The van der Waals surface area contributed by atoms with Gasteiger partial charge in [-0.15, -0.1) is 0 Å². The van der Waals surface area contributed by atoms with Crippen LogP contribution in [0.3, 0.4) is 0 Å². The van der Waals surface area contributed by atoms with Crippen LogP contribution in [0.5, 0.6) is 0 Å². The van der Waals surface area contributed by atoms with Crippen LogP contribution in [-0.4, -0.2) is 31.1 Å². The van der Waals surface area contributed by atoms with E-state index < -0.39 is 5.82 Å². The summed E-state index contributed by atoms with van der Waals surface area (Å²) < 4.78 is 13.8. The third-order valence-electron chi connectivity index (χ3n) is 3.00. The van der Waals surface area contributed by atoms with E-state index in [9.17, 15) is 4.39 Å². The van der Waals surface area contributed by atoms with E-state index in [1.165, 1.54) is 6.07 Å². The number of guanidine groups is 1. The molecule has 0 saturated carbocycles. The molecule has 2 N–H and O–H groups in total. The minimum Gasteiger partial charge on any atom is -0.357 e. The summed E-state index contributed by atoms with van der Waals surface area (Å²) in [5.41, 5.74) is 0.808.